The third-order valence-electron chi connectivity index (χ3n) is 4.85. The maximum atomic E-state index is 11.5. The molecule has 118 valence electrons. The number of fused-ring (bicyclic) bond motifs is 1. The van der Waals surface area contributed by atoms with Gasteiger partial charge in [0.05, 0.1) is 0 Å². The SMILES string of the molecule is Cc1cc(=O)oc2cc(O[C@@H]3SC[C@@H](C)[C@H](C)[C@H]3C)ccc12. The monoisotopic (exact) mass is 318 g/mol. The summed E-state index contributed by atoms with van der Waals surface area (Å²) >= 11 is 1.88. The van der Waals surface area contributed by atoms with Crippen LogP contribution in [-0.2, 0) is 0 Å². The first-order chi connectivity index (χ1) is 10.5. The number of aryl methyl sites for hydroxylation is 1. The van der Waals surface area contributed by atoms with Crippen LogP contribution in [0.2, 0.25) is 0 Å². The van der Waals surface area contributed by atoms with Crippen molar-refractivity contribution >= 4 is 22.7 Å². The minimum atomic E-state index is -0.315. The number of ether oxygens (including phenoxy) is 1. The number of thioether (sulfide) groups is 1. The highest BCUT2D eigenvalue weighted by Gasteiger charge is 2.33. The topological polar surface area (TPSA) is 39.4 Å². The second-order valence-electron chi connectivity index (χ2n) is 6.42. The minimum Gasteiger partial charge on any atom is -0.479 e. The van der Waals surface area contributed by atoms with Gasteiger partial charge in [-0.2, -0.15) is 0 Å². The van der Waals surface area contributed by atoms with E-state index in [4.69, 9.17) is 9.15 Å². The van der Waals surface area contributed by atoms with Crippen molar-refractivity contribution in [2.75, 3.05) is 5.75 Å². The lowest BCUT2D eigenvalue weighted by atomic mass is 9.86. The van der Waals surface area contributed by atoms with Crippen LogP contribution in [0.25, 0.3) is 11.0 Å². The molecule has 1 aromatic carbocycles. The molecule has 2 heterocycles. The van der Waals surface area contributed by atoms with Gasteiger partial charge in [-0.3, -0.25) is 0 Å². The maximum absolute atomic E-state index is 11.5. The Labute approximate surface area is 135 Å². The van der Waals surface area contributed by atoms with Crippen molar-refractivity contribution in [3.8, 4) is 5.75 Å². The molecule has 3 rings (SSSR count). The molecule has 0 amide bonds. The van der Waals surface area contributed by atoms with Gasteiger partial charge in [0.15, 0.2) is 0 Å². The molecular formula is C18H22O3S. The third-order valence-corrected chi connectivity index (χ3v) is 6.43. The van der Waals surface area contributed by atoms with E-state index < -0.39 is 0 Å². The van der Waals surface area contributed by atoms with Crippen molar-refractivity contribution in [2.24, 2.45) is 17.8 Å². The van der Waals surface area contributed by atoms with Crippen LogP contribution in [0.4, 0.5) is 0 Å². The summed E-state index contributed by atoms with van der Waals surface area (Å²) < 4.78 is 11.5. The lowest BCUT2D eigenvalue weighted by molar-refractivity contribution is 0.150. The first kappa shape index (κ1) is 15.5. The summed E-state index contributed by atoms with van der Waals surface area (Å²) in [5.74, 6) is 3.75. The Hall–Kier alpha value is -1.42. The zero-order valence-electron chi connectivity index (χ0n) is 13.5. The fourth-order valence-corrected chi connectivity index (χ4v) is 4.50. The van der Waals surface area contributed by atoms with Crippen LogP contribution in [0, 0.1) is 24.7 Å². The highest BCUT2D eigenvalue weighted by atomic mass is 32.2. The molecule has 0 unspecified atom stereocenters. The van der Waals surface area contributed by atoms with Crippen LogP contribution < -0.4 is 10.4 Å². The Bertz CT molecular complexity index is 737. The Kier molecular flexibility index (Phi) is 4.22. The predicted octanol–water partition coefficient (Wildman–Crippen LogP) is 4.46. The molecule has 0 bridgehead atoms. The van der Waals surface area contributed by atoms with Crippen LogP contribution in [0.5, 0.6) is 5.75 Å². The second-order valence-corrected chi connectivity index (χ2v) is 7.55. The normalized spacial score (nSPS) is 28.7. The fraction of sp³-hybridized carbons (Fsp3) is 0.500. The standard InChI is InChI=1S/C18H22O3S/c1-10-7-17(19)21-16-8-14(5-6-15(10)16)20-18-13(4)12(3)11(2)9-22-18/h5-8,11-13,18H,9H2,1-4H3/t11-,12+,13-,18-/m1/s1. The van der Waals surface area contributed by atoms with Crippen molar-refractivity contribution in [2.45, 2.75) is 33.1 Å². The van der Waals surface area contributed by atoms with Crippen molar-refractivity contribution in [1.29, 1.82) is 0 Å². The molecule has 1 aliphatic rings. The molecule has 3 nitrogen and oxygen atoms in total. The Morgan fingerprint density at radius 3 is 2.73 bits per heavy atom. The van der Waals surface area contributed by atoms with E-state index in [1.165, 1.54) is 6.07 Å². The number of hydrogen-bond acceptors (Lipinski definition) is 4. The van der Waals surface area contributed by atoms with E-state index in [-0.39, 0.29) is 11.1 Å². The summed E-state index contributed by atoms with van der Waals surface area (Å²) in [6.45, 7) is 8.78. The van der Waals surface area contributed by atoms with Gasteiger partial charge in [-0.25, -0.2) is 4.79 Å². The zero-order valence-corrected chi connectivity index (χ0v) is 14.3. The molecule has 1 aromatic heterocycles. The molecule has 0 N–H and O–H groups in total. The van der Waals surface area contributed by atoms with Gasteiger partial charge in [0, 0.05) is 23.4 Å². The average Bonchev–Trinajstić information content (AvgIpc) is 2.47. The molecule has 1 aliphatic heterocycles. The van der Waals surface area contributed by atoms with Crippen LogP contribution in [0.3, 0.4) is 0 Å². The van der Waals surface area contributed by atoms with Crippen LogP contribution in [0.1, 0.15) is 26.3 Å². The maximum Gasteiger partial charge on any atom is 0.336 e. The van der Waals surface area contributed by atoms with E-state index in [1.54, 1.807) is 0 Å². The molecule has 0 spiro atoms. The summed E-state index contributed by atoms with van der Waals surface area (Å²) in [5.41, 5.74) is 1.36. The van der Waals surface area contributed by atoms with Gasteiger partial charge in [0.1, 0.15) is 16.8 Å². The third kappa shape index (κ3) is 2.89. The van der Waals surface area contributed by atoms with Crippen molar-refractivity contribution in [3.63, 3.8) is 0 Å². The Morgan fingerprint density at radius 2 is 1.95 bits per heavy atom. The lowest BCUT2D eigenvalue weighted by Crippen LogP contribution is -2.36. The van der Waals surface area contributed by atoms with E-state index in [2.05, 4.69) is 20.8 Å². The highest BCUT2D eigenvalue weighted by Crippen LogP contribution is 2.39. The van der Waals surface area contributed by atoms with Crippen LogP contribution in [-0.4, -0.2) is 11.2 Å². The molecule has 4 heteroatoms. The average molecular weight is 318 g/mol. The van der Waals surface area contributed by atoms with Gasteiger partial charge < -0.3 is 9.15 Å². The number of benzene rings is 1. The fourth-order valence-electron chi connectivity index (χ4n) is 2.97. The predicted molar refractivity (Wildman–Crippen MR) is 91.6 cm³/mol. The quantitative estimate of drug-likeness (QED) is 0.766. The summed E-state index contributed by atoms with van der Waals surface area (Å²) in [5, 5.41) is 0.957. The van der Waals surface area contributed by atoms with E-state index >= 15 is 0 Å². The Morgan fingerprint density at radius 1 is 1.18 bits per heavy atom. The lowest BCUT2D eigenvalue weighted by Gasteiger charge is -2.37. The van der Waals surface area contributed by atoms with Gasteiger partial charge in [-0.05, 0) is 42.2 Å². The van der Waals surface area contributed by atoms with E-state index in [9.17, 15) is 4.79 Å². The number of rotatable bonds is 2. The number of hydrogen-bond donors (Lipinski definition) is 0. The van der Waals surface area contributed by atoms with Crippen molar-refractivity contribution < 1.29 is 9.15 Å². The second kappa shape index (κ2) is 5.99. The van der Waals surface area contributed by atoms with Crippen molar-refractivity contribution in [3.05, 3.63) is 40.2 Å². The zero-order chi connectivity index (χ0) is 15.9. The summed E-state index contributed by atoms with van der Waals surface area (Å²) in [7, 11) is 0. The molecule has 0 aliphatic carbocycles. The van der Waals surface area contributed by atoms with Crippen LogP contribution >= 0.6 is 11.8 Å². The van der Waals surface area contributed by atoms with E-state index in [1.807, 2.05) is 36.9 Å². The smallest absolute Gasteiger partial charge is 0.336 e. The van der Waals surface area contributed by atoms with Gasteiger partial charge >= 0.3 is 5.63 Å². The van der Waals surface area contributed by atoms with Crippen LogP contribution in [0.15, 0.2) is 33.5 Å². The molecule has 0 radical (unpaired) electrons. The molecule has 2 aromatic rings. The largest absolute Gasteiger partial charge is 0.479 e. The van der Waals surface area contributed by atoms with Gasteiger partial charge in [-0.15, -0.1) is 11.8 Å². The Balaban J connectivity index is 1.87. The van der Waals surface area contributed by atoms with Gasteiger partial charge in [0.2, 0.25) is 0 Å². The molecule has 1 fully saturated rings. The van der Waals surface area contributed by atoms with E-state index in [0.717, 1.165) is 28.4 Å². The molecule has 22 heavy (non-hydrogen) atoms. The van der Waals surface area contributed by atoms with Gasteiger partial charge in [0.25, 0.3) is 0 Å². The van der Waals surface area contributed by atoms with E-state index in [0.29, 0.717) is 17.4 Å². The molecule has 0 saturated carbocycles. The van der Waals surface area contributed by atoms with Gasteiger partial charge in [-0.1, -0.05) is 20.8 Å². The summed E-state index contributed by atoms with van der Waals surface area (Å²) in [6.07, 6.45) is 0. The minimum absolute atomic E-state index is 0.153. The molecule has 1 saturated heterocycles. The first-order valence-electron chi connectivity index (χ1n) is 7.78. The summed E-state index contributed by atoms with van der Waals surface area (Å²) in [4.78, 5) is 11.5. The highest BCUT2D eigenvalue weighted by molar-refractivity contribution is 7.99. The molecule has 4 atom stereocenters. The first-order valence-corrected chi connectivity index (χ1v) is 8.83. The molecular weight excluding hydrogens is 296 g/mol. The summed E-state index contributed by atoms with van der Waals surface area (Å²) in [6, 6.07) is 7.28. The van der Waals surface area contributed by atoms with Crippen molar-refractivity contribution in [1.82, 2.24) is 0 Å².